The fourth-order valence-corrected chi connectivity index (χ4v) is 1.73. The fraction of sp³-hybridized carbons (Fsp3) is 0.125. The standard InChI is InChI=1S/C16H16N2O3/c1-12(19)17-18-16(20)14-9-5-6-10-15(14)21-11-13-7-3-2-4-8-13/h2-10H,11H2,1H3,(H,17,19)(H,18,20). The van der Waals surface area contributed by atoms with Gasteiger partial charge in [0, 0.05) is 6.92 Å². The van der Waals surface area contributed by atoms with Crippen molar-refractivity contribution in [2.24, 2.45) is 0 Å². The summed E-state index contributed by atoms with van der Waals surface area (Å²) in [5.74, 6) is -0.302. The minimum atomic E-state index is -0.422. The molecule has 0 unspecified atom stereocenters. The molecule has 2 N–H and O–H groups in total. The molecule has 2 aromatic carbocycles. The van der Waals surface area contributed by atoms with Crippen LogP contribution in [0.25, 0.3) is 0 Å². The van der Waals surface area contributed by atoms with Crippen molar-refractivity contribution in [2.45, 2.75) is 13.5 Å². The summed E-state index contributed by atoms with van der Waals surface area (Å²) in [5.41, 5.74) is 5.94. The summed E-state index contributed by atoms with van der Waals surface area (Å²) in [4.78, 5) is 22.8. The number of nitrogens with one attached hydrogen (secondary N) is 2. The molecule has 0 aliphatic carbocycles. The zero-order valence-corrected chi connectivity index (χ0v) is 11.6. The summed E-state index contributed by atoms with van der Waals surface area (Å²) in [5, 5.41) is 0. The van der Waals surface area contributed by atoms with E-state index in [-0.39, 0.29) is 5.91 Å². The third kappa shape index (κ3) is 4.35. The van der Waals surface area contributed by atoms with Gasteiger partial charge in [-0.3, -0.25) is 20.4 Å². The molecule has 2 aromatic rings. The van der Waals surface area contributed by atoms with E-state index in [9.17, 15) is 9.59 Å². The SMILES string of the molecule is CC(=O)NNC(=O)c1ccccc1OCc1ccccc1. The summed E-state index contributed by atoms with van der Waals surface area (Å²) in [6.07, 6.45) is 0. The molecule has 5 heteroatoms. The lowest BCUT2D eigenvalue weighted by molar-refractivity contribution is -0.119. The normalized spacial score (nSPS) is 9.76. The van der Waals surface area contributed by atoms with Crippen molar-refractivity contribution in [3.05, 3.63) is 65.7 Å². The second-order valence-corrected chi connectivity index (χ2v) is 4.41. The molecule has 0 saturated carbocycles. The molecule has 0 saturated heterocycles. The largest absolute Gasteiger partial charge is 0.488 e. The monoisotopic (exact) mass is 284 g/mol. The van der Waals surface area contributed by atoms with Crippen molar-refractivity contribution in [2.75, 3.05) is 0 Å². The van der Waals surface area contributed by atoms with Gasteiger partial charge in [-0.15, -0.1) is 0 Å². The highest BCUT2D eigenvalue weighted by Crippen LogP contribution is 2.19. The Bertz CT molecular complexity index is 626. The maximum absolute atomic E-state index is 12.0. The van der Waals surface area contributed by atoms with E-state index >= 15 is 0 Å². The lowest BCUT2D eigenvalue weighted by Gasteiger charge is -2.11. The molecule has 0 aromatic heterocycles. The van der Waals surface area contributed by atoms with E-state index in [2.05, 4.69) is 10.9 Å². The highest BCUT2D eigenvalue weighted by Gasteiger charge is 2.12. The molecule has 0 heterocycles. The topological polar surface area (TPSA) is 67.4 Å². The smallest absolute Gasteiger partial charge is 0.273 e. The molecule has 0 radical (unpaired) electrons. The van der Waals surface area contributed by atoms with Gasteiger partial charge in [0.25, 0.3) is 5.91 Å². The summed E-state index contributed by atoms with van der Waals surface area (Å²) in [6, 6.07) is 16.5. The number of hydrazine groups is 1. The molecule has 2 amide bonds. The van der Waals surface area contributed by atoms with Gasteiger partial charge >= 0.3 is 0 Å². The van der Waals surface area contributed by atoms with E-state index in [4.69, 9.17) is 4.74 Å². The van der Waals surface area contributed by atoms with E-state index in [1.807, 2.05) is 30.3 Å². The van der Waals surface area contributed by atoms with Gasteiger partial charge in [0.05, 0.1) is 5.56 Å². The zero-order chi connectivity index (χ0) is 15.1. The quantitative estimate of drug-likeness (QED) is 0.844. The molecule has 5 nitrogen and oxygen atoms in total. The summed E-state index contributed by atoms with van der Waals surface area (Å²) < 4.78 is 5.68. The van der Waals surface area contributed by atoms with E-state index in [1.165, 1.54) is 6.92 Å². The summed E-state index contributed by atoms with van der Waals surface area (Å²) >= 11 is 0. The maximum atomic E-state index is 12.0. The first kappa shape index (κ1) is 14.6. The second-order valence-electron chi connectivity index (χ2n) is 4.41. The van der Waals surface area contributed by atoms with Gasteiger partial charge in [-0.2, -0.15) is 0 Å². The second kappa shape index (κ2) is 7.09. The zero-order valence-electron chi connectivity index (χ0n) is 11.6. The van der Waals surface area contributed by atoms with Crippen LogP contribution in [-0.4, -0.2) is 11.8 Å². The molecule has 21 heavy (non-hydrogen) atoms. The van der Waals surface area contributed by atoms with Crippen LogP contribution in [0.15, 0.2) is 54.6 Å². The number of ether oxygens (including phenoxy) is 1. The third-order valence-corrected chi connectivity index (χ3v) is 2.72. The van der Waals surface area contributed by atoms with Crippen molar-refractivity contribution in [1.29, 1.82) is 0 Å². The highest BCUT2D eigenvalue weighted by molar-refractivity contribution is 5.97. The van der Waals surface area contributed by atoms with Gasteiger partial charge in [0.1, 0.15) is 12.4 Å². The lowest BCUT2D eigenvalue weighted by Crippen LogP contribution is -2.40. The number of carbonyl (C=O) groups excluding carboxylic acids is 2. The Morgan fingerprint density at radius 3 is 2.33 bits per heavy atom. The molecule has 0 aliphatic heterocycles. The van der Waals surface area contributed by atoms with Crippen LogP contribution < -0.4 is 15.6 Å². The minimum absolute atomic E-state index is 0.342. The van der Waals surface area contributed by atoms with Gasteiger partial charge < -0.3 is 4.74 Å². The molecular weight excluding hydrogens is 268 g/mol. The Labute approximate surface area is 122 Å². The fourth-order valence-electron chi connectivity index (χ4n) is 1.73. The van der Waals surface area contributed by atoms with Crippen LogP contribution in [0.2, 0.25) is 0 Å². The lowest BCUT2D eigenvalue weighted by atomic mass is 10.2. The van der Waals surface area contributed by atoms with Gasteiger partial charge in [-0.1, -0.05) is 42.5 Å². The van der Waals surface area contributed by atoms with E-state index < -0.39 is 5.91 Å². The number of para-hydroxylation sites is 1. The molecule has 0 spiro atoms. The van der Waals surface area contributed by atoms with Crippen molar-refractivity contribution in [3.8, 4) is 5.75 Å². The first-order chi connectivity index (χ1) is 10.2. The predicted molar refractivity (Wildman–Crippen MR) is 78.5 cm³/mol. The third-order valence-electron chi connectivity index (χ3n) is 2.72. The summed E-state index contributed by atoms with van der Waals surface area (Å²) in [7, 11) is 0. The van der Waals surface area contributed by atoms with Gasteiger partial charge in [0.2, 0.25) is 5.91 Å². The average molecular weight is 284 g/mol. The van der Waals surface area contributed by atoms with Crippen LogP contribution in [0.5, 0.6) is 5.75 Å². The van der Waals surface area contributed by atoms with Crippen LogP contribution in [0.3, 0.4) is 0 Å². The highest BCUT2D eigenvalue weighted by atomic mass is 16.5. The molecule has 2 rings (SSSR count). The van der Waals surface area contributed by atoms with E-state index in [1.54, 1.807) is 24.3 Å². The predicted octanol–water partition coefficient (Wildman–Crippen LogP) is 2.05. The molecule has 0 bridgehead atoms. The number of hydrogen-bond acceptors (Lipinski definition) is 3. The number of amides is 2. The minimum Gasteiger partial charge on any atom is -0.488 e. The van der Waals surface area contributed by atoms with Crippen LogP contribution >= 0.6 is 0 Å². The van der Waals surface area contributed by atoms with E-state index in [0.29, 0.717) is 17.9 Å². The van der Waals surface area contributed by atoms with Crippen molar-refractivity contribution in [3.63, 3.8) is 0 Å². The number of benzene rings is 2. The van der Waals surface area contributed by atoms with Gasteiger partial charge in [-0.25, -0.2) is 0 Å². The maximum Gasteiger partial charge on any atom is 0.273 e. The van der Waals surface area contributed by atoms with Crippen molar-refractivity contribution < 1.29 is 14.3 Å². The van der Waals surface area contributed by atoms with Crippen LogP contribution in [0.4, 0.5) is 0 Å². The molecular formula is C16H16N2O3. The van der Waals surface area contributed by atoms with Crippen LogP contribution in [0.1, 0.15) is 22.8 Å². The van der Waals surface area contributed by atoms with Crippen molar-refractivity contribution >= 4 is 11.8 Å². The molecule has 108 valence electrons. The Morgan fingerprint density at radius 1 is 0.952 bits per heavy atom. The molecule has 0 fully saturated rings. The Kier molecular flexibility index (Phi) is 4.93. The van der Waals surface area contributed by atoms with Gasteiger partial charge in [0.15, 0.2) is 0 Å². The Balaban J connectivity index is 2.06. The first-order valence-electron chi connectivity index (χ1n) is 6.49. The number of carbonyl (C=O) groups is 2. The summed E-state index contributed by atoms with van der Waals surface area (Å²) in [6.45, 7) is 1.68. The molecule has 0 aliphatic rings. The first-order valence-corrected chi connectivity index (χ1v) is 6.49. The van der Waals surface area contributed by atoms with Crippen LogP contribution in [-0.2, 0) is 11.4 Å². The Morgan fingerprint density at radius 2 is 1.62 bits per heavy atom. The average Bonchev–Trinajstić information content (AvgIpc) is 2.52. The number of hydrogen-bond donors (Lipinski definition) is 2. The van der Waals surface area contributed by atoms with E-state index in [0.717, 1.165) is 5.56 Å². The van der Waals surface area contributed by atoms with Gasteiger partial charge in [-0.05, 0) is 17.7 Å². The molecule has 0 atom stereocenters. The Hall–Kier alpha value is -2.82. The van der Waals surface area contributed by atoms with Crippen molar-refractivity contribution in [1.82, 2.24) is 10.9 Å². The van der Waals surface area contributed by atoms with Crippen LogP contribution in [0, 0.1) is 0 Å². The number of rotatable bonds is 4.